The number of allylic oxidation sites excluding steroid dienone is 1. The summed E-state index contributed by atoms with van der Waals surface area (Å²) in [6, 6.07) is 0. The molecule has 0 N–H and O–H groups in total. The predicted octanol–water partition coefficient (Wildman–Crippen LogP) is 1.49. The Balaban J connectivity index is 3.95. The second-order valence-corrected chi connectivity index (χ2v) is 3.69. The smallest absolute Gasteiger partial charge is 0.219 e. The maximum Gasteiger partial charge on any atom is 0.219 e. The van der Waals surface area contributed by atoms with E-state index in [1.807, 2.05) is 43.2 Å². The van der Waals surface area contributed by atoms with Gasteiger partial charge in [-0.3, -0.25) is 4.99 Å². The molecule has 5 nitrogen and oxygen atoms in total. The Bertz CT molecular complexity index is 302. The Hall–Kier alpha value is -1.65. The highest BCUT2D eigenvalue weighted by Crippen LogP contribution is 1.87. The van der Waals surface area contributed by atoms with Crippen molar-refractivity contribution in [3.8, 4) is 0 Å². The van der Waals surface area contributed by atoms with Crippen molar-refractivity contribution >= 4 is 18.5 Å². The SMILES string of the molecule is CCN(C)C=N/C=C/CC=NC(=NC)N(C)C. The van der Waals surface area contributed by atoms with E-state index >= 15 is 0 Å². The monoisotopic (exact) mass is 237 g/mol. The van der Waals surface area contributed by atoms with Gasteiger partial charge in [-0.25, -0.2) is 9.98 Å². The van der Waals surface area contributed by atoms with Gasteiger partial charge in [0.2, 0.25) is 5.96 Å². The highest BCUT2D eigenvalue weighted by Gasteiger charge is 1.93. The molecule has 0 heterocycles. The molecule has 0 aromatic heterocycles. The molecule has 17 heavy (non-hydrogen) atoms. The fraction of sp³-hybridized carbons (Fsp3) is 0.583. The zero-order chi connectivity index (χ0) is 13.1. The number of nitrogens with zero attached hydrogens (tertiary/aromatic N) is 5. The number of guanidine groups is 1. The molecule has 0 fully saturated rings. The first-order valence-corrected chi connectivity index (χ1v) is 5.67. The molecule has 0 saturated carbocycles. The minimum Gasteiger partial charge on any atom is -0.366 e. The van der Waals surface area contributed by atoms with Gasteiger partial charge in [0.15, 0.2) is 0 Å². The molecule has 0 aliphatic rings. The van der Waals surface area contributed by atoms with Gasteiger partial charge in [0, 0.05) is 53.6 Å². The molecule has 0 spiro atoms. The lowest BCUT2D eigenvalue weighted by Gasteiger charge is -2.09. The van der Waals surface area contributed by atoms with Crippen molar-refractivity contribution in [3.05, 3.63) is 12.3 Å². The lowest BCUT2D eigenvalue weighted by atomic mass is 10.4. The van der Waals surface area contributed by atoms with Crippen molar-refractivity contribution in [2.45, 2.75) is 13.3 Å². The molecule has 5 heteroatoms. The summed E-state index contributed by atoms with van der Waals surface area (Å²) in [5.74, 6) is 0.715. The number of aliphatic imine (C=N–C) groups is 3. The summed E-state index contributed by atoms with van der Waals surface area (Å²) in [5, 5.41) is 0. The van der Waals surface area contributed by atoms with Crippen LogP contribution < -0.4 is 0 Å². The van der Waals surface area contributed by atoms with Crippen LogP contribution in [-0.4, -0.2) is 63.0 Å². The Kier molecular flexibility index (Phi) is 8.64. The van der Waals surface area contributed by atoms with Gasteiger partial charge in [-0.2, -0.15) is 0 Å². The molecule has 0 aromatic carbocycles. The van der Waals surface area contributed by atoms with Gasteiger partial charge < -0.3 is 9.80 Å². The fourth-order valence-electron chi connectivity index (χ4n) is 0.924. The fourth-order valence-corrected chi connectivity index (χ4v) is 0.924. The van der Waals surface area contributed by atoms with Crippen LogP contribution in [0.2, 0.25) is 0 Å². The first-order valence-electron chi connectivity index (χ1n) is 5.67. The average molecular weight is 237 g/mol. The molecule has 0 aromatic rings. The van der Waals surface area contributed by atoms with E-state index in [2.05, 4.69) is 21.9 Å². The summed E-state index contributed by atoms with van der Waals surface area (Å²) >= 11 is 0. The van der Waals surface area contributed by atoms with Gasteiger partial charge in [-0.05, 0) is 6.92 Å². The molecule has 0 bridgehead atoms. The normalized spacial score (nSPS) is 13.1. The van der Waals surface area contributed by atoms with Crippen LogP contribution in [0.25, 0.3) is 0 Å². The van der Waals surface area contributed by atoms with Gasteiger partial charge in [0.25, 0.3) is 0 Å². The Morgan fingerprint density at radius 2 is 1.94 bits per heavy atom. The van der Waals surface area contributed by atoms with E-state index in [9.17, 15) is 0 Å². The Morgan fingerprint density at radius 3 is 2.47 bits per heavy atom. The molecule has 0 radical (unpaired) electrons. The lowest BCUT2D eigenvalue weighted by molar-refractivity contribution is 0.552. The van der Waals surface area contributed by atoms with Crippen LogP contribution in [-0.2, 0) is 0 Å². The van der Waals surface area contributed by atoms with Crippen molar-refractivity contribution < 1.29 is 0 Å². The van der Waals surface area contributed by atoms with E-state index in [1.54, 1.807) is 19.6 Å². The third kappa shape index (κ3) is 8.19. The summed E-state index contributed by atoms with van der Waals surface area (Å²) in [6.45, 7) is 3.03. The average Bonchev–Trinajstić information content (AvgIpc) is 2.31. The van der Waals surface area contributed by atoms with E-state index in [1.165, 1.54) is 0 Å². The molecule has 0 aliphatic carbocycles. The van der Waals surface area contributed by atoms with Gasteiger partial charge >= 0.3 is 0 Å². The van der Waals surface area contributed by atoms with Gasteiger partial charge in [-0.1, -0.05) is 6.08 Å². The van der Waals surface area contributed by atoms with Gasteiger partial charge in [0.1, 0.15) is 0 Å². The number of hydrogen-bond donors (Lipinski definition) is 0. The molecule has 0 atom stereocenters. The van der Waals surface area contributed by atoms with Crippen LogP contribution in [0.1, 0.15) is 13.3 Å². The maximum atomic E-state index is 4.23. The molecule has 0 saturated heterocycles. The summed E-state index contributed by atoms with van der Waals surface area (Å²) in [5.41, 5.74) is 0. The number of rotatable bonds is 5. The van der Waals surface area contributed by atoms with Gasteiger partial charge in [-0.15, -0.1) is 0 Å². The van der Waals surface area contributed by atoms with Crippen molar-refractivity contribution in [1.29, 1.82) is 0 Å². The molecule has 0 rings (SSSR count). The van der Waals surface area contributed by atoms with Crippen LogP contribution in [0.4, 0.5) is 0 Å². The quantitative estimate of drug-likeness (QED) is 0.537. The van der Waals surface area contributed by atoms with E-state index < -0.39 is 0 Å². The molecule has 0 unspecified atom stereocenters. The third-order valence-electron chi connectivity index (χ3n) is 2.00. The summed E-state index contributed by atoms with van der Waals surface area (Å²) in [7, 11) is 7.55. The van der Waals surface area contributed by atoms with Crippen LogP contribution in [0, 0.1) is 0 Å². The van der Waals surface area contributed by atoms with Crippen LogP contribution in [0.3, 0.4) is 0 Å². The predicted molar refractivity (Wildman–Crippen MR) is 76.1 cm³/mol. The standard InChI is InChI=1S/C12H23N5/c1-6-17(5)11-14-9-7-8-10-15-12(13-2)16(3)4/h7,9-11H,6,8H2,1-5H3/b9-7+,13-12?,14-11?,15-10?. The molecular weight excluding hydrogens is 214 g/mol. The second-order valence-electron chi connectivity index (χ2n) is 3.69. The Morgan fingerprint density at radius 1 is 1.24 bits per heavy atom. The molecular formula is C12H23N5. The largest absolute Gasteiger partial charge is 0.366 e. The highest BCUT2D eigenvalue weighted by atomic mass is 15.2. The van der Waals surface area contributed by atoms with Crippen LogP contribution in [0.5, 0.6) is 0 Å². The minimum absolute atomic E-state index is 0.715. The first-order chi connectivity index (χ1) is 8.11. The summed E-state index contributed by atoms with van der Waals surface area (Å²) in [6.07, 6.45) is 8.09. The Labute approximate surface area is 104 Å². The maximum absolute atomic E-state index is 4.23. The molecule has 96 valence electrons. The number of hydrogen-bond acceptors (Lipinski definition) is 2. The van der Waals surface area contributed by atoms with Crippen LogP contribution >= 0.6 is 0 Å². The molecule has 0 aliphatic heterocycles. The van der Waals surface area contributed by atoms with Crippen molar-refractivity contribution in [3.63, 3.8) is 0 Å². The van der Waals surface area contributed by atoms with E-state index in [0.717, 1.165) is 13.0 Å². The zero-order valence-electron chi connectivity index (χ0n) is 11.5. The van der Waals surface area contributed by atoms with Gasteiger partial charge in [0.05, 0.1) is 6.34 Å². The zero-order valence-corrected chi connectivity index (χ0v) is 11.5. The van der Waals surface area contributed by atoms with Crippen molar-refractivity contribution in [1.82, 2.24) is 9.80 Å². The van der Waals surface area contributed by atoms with Crippen LogP contribution in [0.15, 0.2) is 27.3 Å². The lowest BCUT2D eigenvalue weighted by Crippen LogP contribution is -2.19. The minimum atomic E-state index is 0.715. The third-order valence-corrected chi connectivity index (χ3v) is 2.00. The van der Waals surface area contributed by atoms with E-state index in [0.29, 0.717) is 5.96 Å². The topological polar surface area (TPSA) is 43.6 Å². The second kappa shape index (κ2) is 9.57. The highest BCUT2D eigenvalue weighted by molar-refractivity contribution is 5.87. The van der Waals surface area contributed by atoms with E-state index in [4.69, 9.17) is 0 Å². The van der Waals surface area contributed by atoms with Crippen molar-refractivity contribution in [2.75, 3.05) is 34.7 Å². The molecule has 0 amide bonds. The van der Waals surface area contributed by atoms with Crippen molar-refractivity contribution in [2.24, 2.45) is 15.0 Å². The van der Waals surface area contributed by atoms with E-state index in [-0.39, 0.29) is 0 Å². The summed E-state index contributed by atoms with van der Waals surface area (Å²) < 4.78 is 0. The first kappa shape index (κ1) is 15.3. The summed E-state index contributed by atoms with van der Waals surface area (Å²) in [4.78, 5) is 16.3.